The lowest BCUT2D eigenvalue weighted by Gasteiger charge is -2.10. The van der Waals surface area contributed by atoms with Crippen LogP contribution in [0.2, 0.25) is 0 Å². The smallest absolute Gasteiger partial charge is 0.133 e. The van der Waals surface area contributed by atoms with E-state index in [1.807, 2.05) is 6.07 Å². The van der Waals surface area contributed by atoms with Gasteiger partial charge in [0.2, 0.25) is 0 Å². The number of quaternary nitrogens is 1. The summed E-state index contributed by atoms with van der Waals surface area (Å²) in [5, 5.41) is 2.26. The van der Waals surface area contributed by atoms with Gasteiger partial charge in [0.15, 0.2) is 0 Å². The third-order valence-corrected chi connectivity index (χ3v) is 3.02. The highest BCUT2D eigenvalue weighted by Gasteiger charge is 2.06. The fourth-order valence-corrected chi connectivity index (χ4v) is 2.09. The minimum atomic E-state index is 0.478. The Hall–Kier alpha value is -0.580. The molecule has 1 atom stereocenters. The second-order valence-electron chi connectivity index (χ2n) is 3.84. The Kier molecular flexibility index (Phi) is 5.80. The Morgan fingerprint density at radius 3 is 2.69 bits per heavy atom. The third-order valence-electron chi connectivity index (χ3n) is 2.40. The predicted octanol–water partition coefficient (Wildman–Crippen LogP) is 1.56. The van der Waals surface area contributed by atoms with Crippen molar-refractivity contribution in [2.75, 3.05) is 20.8 Å². The average Bonchev–Trinajstić information content (AvgIpc) is 2.27. The Morgan fingerprint density at radius 1 is 1.38 bits per heavy atom. The van der Waals surface area contributed by atoms with Crippen molar-refractivity contribution in [3.05, 3.63) is 28.2 Å². The van der Waals surface area contributed by atoms with Gasteiger partial charge in [-0.3, -0.25) is 0 Å². The van der Waals surface area contributed by atoms with E-state index in [4.69, 9.17) is 9.47 Å². The summed E-state index contributed by atoms with van der Waals surface area (Å²) < 4.78 is 11.3. The van der Waals surface area contributed by atoms with Crippen LogP contribution in [0, 0.1) is 0 Å². The molecular weight excluding hydrogens is 270 g/mol. The highest BCUT2D eigenvalue weighted by molar-refractivity contribution is 9.10. The first-order valence-corrected chi connectivity index (χ1v) is 6.11. The van der Waals surface area contributed by atoms with E-state index in [0.29, 0.717) is 6.04 Å². The molecule has 0 fully saturated rings. The molecule has 1 aromatic carbocycles. The lowest BCUT2D eigenvalue weighted by atomic mass is 10.2. The summed E-state index contributed by atoms with van der Waals surface area (Å²) in [5.41, 5.74) is 1.27. The average molecular weight is 289 g/mol. The minimum absolute atomic E-state index is 0.478. The maximum atomic E-state index is 5.19. The monoisotopic (exact) mass is 288 g/mol. The van der Waals surface area contributed by atoms with Gasteiger partial charge in [-0.05, 0) is 41.1 Å². The maximum Gasteiger partial charge on any atom is 0.133 e. The highest BCUT2D eigenvalue weighted by Crippen LogP contribution is 2.25. The fourth-order valence-electron chi connectivity index (χ4n) is 1.51. The summed E-state index contributed by atoms with van der Waals surface area (Å²) in [5.74, 6) is 0.869. The number of halogens is 1. The first-order chi connectivity index (χ1) is 7.67. The van der Waals surface area contributed by atoms with Crippen LogP contribution in [-0.4, -0.2) is 26.9 Å². The maximum absolute atomic E-state index is 5.19. The van der Waals surface area contributed by atoms with Gasteiger partial charge in [0.05, 0.1) is 18.2 Å². The number of ether oxygens (including phenoxy) is 2. The van der Waals surface area contributed by atoms with Crippen LogP contribution in [0.5, 0.6) is 5.75 Å². The SMILES string of the molecule is COC[C@H](C)[NH2+]Cc1ccc(OC)c(Br)c1. The second-order valence-corrected chi connectivity index (χ2v) is 4.70. The molecule has 4 heteroatoms. The first kappa shape index (κ1) is 13.5. The van der Waals surface area contributed by atoms with Gasteiger partial charge >= 0.3 is 0 Å². The number of hydrogen-bond donors (Lipinski definition) is 1. The van der Waals surface area contributed by atoms with E-state index in [2.05, 4.69) is 40.3 Å². The summed E-state index contributed by atoms with van der Waals surface area (Å²) in [6.07, 6.45) is 0. The lowest BCUT2D eigenvalue weighted by Crippen LogP contribution is -2.88. The molecule has 0 bridgehead atoms. The molecule has 0 aliphatic rings. The normalized spacial score (nSPS) is 12.5. The third kappa shape index (κ3) is 4.12. The number of benzene rings is 1. The van der Waals surface area contributed by atoms with Crippen molar-refractivity contribution in [2.24, 2.45) is 0 Å². The van der Waals surface area contributed by atoms with E-state index in [1.54, 1.807) is 14.2 Å². The van der Waals surface area contributed by atoms with Crippen LogP contribution in [0.3, 0.4) is 0 Å². The summed E-state index contributed by atoms with van der Waals surface area (Å²) in [6, 6.07) is 6.63. The van der Waals surface area contributed by atoms with E-state index in [9.17, 15) is 0 Å². The molecule has 0 spiro atoms. The van der Waals surface area contributed by atoms with Gasteiger partial charge in [0.1, 0.15) is 18.3 Å². The fraction of sp³-hybridized carbons (Fsp3) is 0.500. The molecule has 16 heavy (non-hydrogen) atoms. The molecule has 0 saturated heterocycles. The van der Waals surface area contributed by atoms with Crippen LogP contribution in [-0.2, 0) is 11.3 Å². The molecule has 0 amide bonds. The molecule has 2 N–H and O–H groups in total. The van der Waals surface area contributed by atoms with Gasteiger partial charge in [0, 0.05) is 12.7 Å². The molecule has 0 radical (unpaired) electrons. The molecule has 0 saturated carbocycles. The van der Waals surface area contributed by atoms with Gasteiger partial charge in [-0.1, -0.05) is 0 Å². The van der Waals surface area contributed by atoms with Crippen molar-refractivity contribution in [3.8, 4) is 5.75 Å². The molecule has 0 aliphatic carbocycles. The zero-order valence-electron chi connectivity index (χ0n) is 10.00. The lowest BCUT2D eigenvalue weighted by molar-refractivity contribution is -0.702. The molecule has 0 aromatic heterocycles. The van der Waals surface area contributed by atoms with Gasteiger partial charge in [0.25, 0.3) is 0 Å². The van der Waals surface area contributed by atoms with Crippen molar-refractivity contribution in [1.29, 1.82) is 0 Å². The van der Waals surface area contributed by atoms with Crippen LogP contribution < -0.4 is 10.1 Å². The van der Waals surface area contributed by atoms with Gasteiger partial charge < -0.3 is 14.8 Å². The molecule has 90 valence electrons. The molecule has 0 heterocycles. The van der Waals surface area contributed by atoms with Crippen molar-refractivity contribution in [1.82, 2.24) is 0 Å². The molecule has 1 rings (SSSR count). The number of methoxy groups -OCH3 is 2. The van der Waals surface area contributed by atoms with Crippen molar-refractivity contribution in [2.45, 2.75) is 19.5 Å². The van der Waals surface area contributed by atoms with E-state index in [1.165, 1.54) is 5.56 Å². The summed E-state index contributed by atoms with van der Waals surface area (Å²) >= 11 is 3.48. The second kappa shape index (κ2) is 6.89. The minimum Gasteiger partial charge on any atom is -0.496 e. The van der Waals surface area contributed by atoms with E-state index < -0.39 is 0 Å². The zero-order valence-corrected chi connectivity index (χ0v) is 11.6. The van der Waals surface area contributed by atoms with Gasteiger partial charge in [-0.2, -0.15) is 0 Å². The van der Waals surface area contributed by atoms with Crippen LogP contribution in [0.4, 0.5) is 0 Å². The Balaban J connectivity index is 2.51. The standard InChI is InChI=1S/C12H18BrNO2/c1-9(8-15-2)14-7-10-4-5-12(16-3)11(13)6-10/h4-6,9,14H,7-8H2,1-3H3/p+1/t9-/m0/s1. The van der Waals surface area contributed by atoms with Crippen molar-refractivity contribution < 1.29 is 14.8 Å². The number of hydrogen-bond acceptors (Lipinski definition) is 2. The van der Waals surface area contributed by atoms with E-state index >= 15 is 0 Å². The molecule has 3 nitrogen and oxygen atoms in total. The molecule has 1 aromatic rings. The molecular formula is C12H19BrNO2+. The first-order valence-electron chi connectivity index (χ1n) is 5.32. The van der Waals surface area contributed by atoms with Crippen LogP contribution in [0.1, 0.15) is 12.5 Å². The van der Waals surface area contributed by atoms with Crippen LogP contribution >= 0.6 is 15.9 Å². The van der Waals surface area contributed by atoms with Crippen LogP contribution in [0.15, 0.2) is 22.7 Å². The highest BCUT2D eigenvalue weighted by atomic mass is 79.9. The van der Waals surface area contributed by atoms with Crippen LogP contribution in [0.25, 0.3) is 0 Å². The molecule has 0 aliphatic heterocycles. The van der Waals surface area contributed by atoms with Crippen molar-refractivity contribution in [3.63, 3.8) is 0 Å². The Morgan fingerprint density at radius 2 is 2.12 bits per heavy atom. The molecule has 0 unspecified atom stereocenters. The predicted molar refractivity (Wildman–Crippen MR) is 67.7 cm³/mol. The van der Waals surface area contributed by atoms with Crippen molar-refractivity contribution >= 4 is 15.9 Å². The summed E-state index contributed by atoms with van der Waals surface area (Å²) in [7, 11) is 3.40. The quantitative estimate of drug-likeness (QED) is 0.862. The largest absolute Gasteiger partial charge is 0.496 e. The van der Waals surface area contributed by atoms with E-state index in [-0.39, 0.29) is 0 Å². The van der Waals surface area contributed by atoms with Gasteiger partial charge in [-0.25, -0.2) is 0 Å². The topological polar surface area (TPSA) is 35.1 Å². The summed E-state index contributed by atoms with van der Waals surface area (Å²) in [4.78, 5) is 0. The number of nitrogens with two attached hydrogens (primary N) is 1. The Bertz CT molecular complexity index is 331. The van der Waals surface area contributed by atoms with Gasteiger partial charge in [-0.15, -0.1) is 0 Å². The summed E-state index contributed by atoms with van der Waals surface area (Å²) in [6.45, 7) is 3.88. The Labute approximate surface area is 105 Å². The zero-order chi connectivity index (χ0) is 12.0. The number of rotatable bonds is 6. The van der Waals surface area contributed by atoms with E-state index in [0.717, 1.165) is 23.4 Å².